The van der Waals surface area contributed by atoms with E-state index in [-0.39, 0.29) is 5.28 Å². The summed E-state index contributed by atoms with van der Waals surface area (Å²) >= 11 is 19.5. The van der Waals surface area contributed by atoms with Crippen molar-refractivity contribution in [2.75, 3.05) is 11.9 Å². The van der Waals surface area contributed by atoms with Crippen molar-refractivity contribution in [3.05, 3.63) is 50.5 Å². The zero-order valence-electron chi connectivity index (χ0n) is 10.7. The molecule has 1 aromatic carbocycles. The fraction of sp³-hybridized carbons (Fsp3) is 0.143. The topological polar surface area (TPSA) is 37.8 Å². The third-order valence-electron chi connectivity index (χ3n) is 3.00. The highest BCUT2D eigenvalue weighted by atomic mass is 35.5. The quantitative estimate of drug-likeness (QED) is 0.643. The van der Waals surface area contributed by atoms with Gasteiger partial charge in [0.1, 0.15) is 10.6 Å². The SMILES string of the molecule is Clc1ccc(CCNc2nc(Cl)nc3sccc23)c(Cl)c1. The van der Waals surface area contributed by atoms with Gasteiger partial charge in [-0.05, 0) is 47.2 Å². The van der Waals surface area contributed by atoms with Gasteiger partial charge in [-0.2, -0.15) is 0 Å². The highest BCUT2D eigenvalue weighted by Crippen LogP contribution is 2.26. The molecule has 3 rings (SSSR count). The highest BCUT2D eigenvalue weighted by Gasteiger charge is 2.08. The van der Waals surface area contributed by atoms with Gasteiger partial charge in [0.15, 0.2) is 0 Å². The number of halogens is 3. The summed E-state index contributed by atoms with van der Waals surface area (Å²) in [4.78, 5) is 9.30. The molecule has 0 bridgehead atoms. The Kier molecular flexibility index (Phi) is 4.50. The number of rotatable bonds is 4. The Morgan fingerprint density at radius 2 is 1.95 bits per heavy atom. The Labute approximate surface area is 140 Å². The first kappa shape index (κ1) is 14.9. The molecule has 0 aliphatic rings. The first-order chi connectivity index (χ1) is 10.1. The van der Waals surface area contributed by atoms with Crippen molar-refractivity contribution >= 4 is 62.2 Å². The van der Waals surface area contributed by atoms with E-state index >= 15 is 0 Å². The van der Waals surface area contributed by atoms with Gasteiger partial charge in [0.05, 0.1) is 5.39 Å². The van der Waals surface area contributed by atoms with E-state index in [1.165, 1.54) is 11.3 Å². The minimum Gasteiger partial charge on any atom is -0.369 e. The lowest BCUT2D eigenvalue weighted by molar-refractivity contribution is 1.01. The predicted molar refractivity (Wildman–Crippen MR) is 91.1 cm³/mol. The summed E-state index contributed by atoms with van der Waals surface area (Å²) in [7, 11) is 0. The molecule has 0 saturated carbocycles. The molecule has 0 atom stereocenters. The number of aromatic nitrogens is 2. The Hall–Kier alpha value is -1.07. The Morgan fingerprint density at radius 1 is 1.10 bits per heavy atom. The lowest BCUT2D eigenvalue weighted by Gasteiger charge is -2.08. The van der Waals surface area contributed by atoms with Crippen LogP contribution >= 0.6 is 46.1 Å². The molecule has 0 aliphatic heterocycles. The first-order valence-electron chi connectivity index (χ1n) is 6.22. The summed E-state index contributed by atoms with van der Waals surface area (Å²) in [5, 5.41) is 7.79. The normalized spacial score (nSPS) is 11.0. The van der Waals surface area contributed by atoms with Crippen LogP contribution in [0.4, 0.5) is 5.82 Å². The molecule has 2 heterocycles. The number of nitrogens with zero attached hydrogens (tertiary/aromatic N) is 2. The highest BCUT2D eigenvalue weighted by molar-refractivity contribution is 7.16. The van der Waals surface area contributed by atoms with Crippen LogP contribution in [-0.2, 0) is 6.42 Å². The number of thiophene rings is 1. The molecular weight excluding hydrogens is 349 g/mol. The molecule has 1 N–H and O–H groups in total. The second-order valence-electron chi connectivity index (χ2n) is 4.39. The summed E-state index contributed by atoms with van der Waals surface area (Å²) in [6.45, 7) is 0.694. The predicted octanol–water partition coefficient (Wildman–Crippen LogP) is 5.31. The molecule has 2 aromatic heterocycles. The van der Waals surface area contributed by atoms with Gasteiger partial charge < -0.3 is 5.32 Å². The number of hydrogen-bond acceptors (Lipinski definition) is 4. The van der Waals surface area contributed by atoms with Crippen LogP contribution in [-0.4, -0.2) is 16.5 Å². The van der Waals surface area contributed by atoms with Gasteiger partial charge in [-0.3, -0.25) is 0 Å². The molecule has 3 nitrogen and oxygen atoms in total. The molecule has 0 spiro atoms. The van der Waals surface area contributed by atoms with Crippen molar-refractivity contribution in [2.45, 2.75) is 6.42 Å². The van der Waals surface area contributed by atoms with Crippen LogP contribution in [0.2, 0.25) is 15.3 Å². The second-order valence-corrected chi connectivity index (χ2v) is 6.47. The van der Waals surface area contributed by atoms with E-state index in [1.54, 1.807) is 6.07 Å². The second kappa shape index (κ2) is 6.36. The molecule has 21 heavy (non-hydrogen) atoms. The van der Waals surface area contributed by atoms with E-state index in [1.807, 2.05) is 23.6 Å². The molecule has 0 radical (unpaired) electrons. The zero-order chi connectivity index (χ0) is 14.8. The van der Waals surface area contributed by atoms with Crippen molar-refractivity contribution in [3.8, 4) is 0 Å². The first-order valence-corrected chi connectivity index (χ1v) is 8.23. The minimum absolute atomic E-state index is 0.247. The third kappa shape index (κ3) is 3.40. The van der Waals surface area contributed by atoms with Gasteiger partial charge in [-0.1, -0.05) is 29.3 Å². The van der Waals surface area contributed by atoms with Gasteiger partial charge in [-0.15, -0.1) is 11.3 Å². The molecule has 0 amide bonds. The molecule has 0 saturated heterocycles. The van der Waals surface area contributed by atoms with Gasteiger partial charge in [-0.25, -0.2) is 9.97 Å². The average Bonchev–Trinajstić information content (AvgIpc) is 2.89. The van der Waals surface area contributed by atoms with Crippen LogP contribution in [0.1, 0.15) is 5.56 Å². The van der Waals surface area contributed by atoms with Crippen LogP contribution in [0.3, 0.4) is 0 Å². The van der Waals surface area contributed by atoms with E-state index in [0.29, 0.717) is 16.6 Å². The maximum Gasteiger partial charge on any atom is 0.225 e. The summed E-state index contributed by atoms with van der Waals surface area (Å²) in [5.41, 5.74) is 1.04. The number of nitrogens with one attached hydrogen (secondary N) is 1. The van der Waals surface area contributed by atoms with Gasteiger partial charge >= 0.3 is 0 Å². The van der Waals surface area contributed by atoms with E-state index in [0.717, 1.165) is 28.0 Å². The standard InChI is InChI=1S/C14H10Cl3N3S/c15-9-2-1-8(11(16)7-9)3-5-18-12-10-4-6-21-13(10)20-14(17)19-12/h1-2,4,6-7H,3,5H2,(H,18,19,20). The lowest BCUT2D eigenvalue weighted by Crippen LogP contribution is -2.07. The lowest BCUT2D eigenvalue weighted by atomic mass is 10.1. The molecular formula is C14H10Cl3N3S. The van der Waals surface area contributed by atoms with Crippen LogP contribution in [0, 0.1) is 0 Å². The van der Waals surface area contributed by atoms with Crippen LogP contribution in [0.5, 0.6) is 0 Å². The maximum absolute atomic E-state index is 6.16. The van der Waals surface area contributed by atoms with Crippen LogP contribution in [0.25, 0.3) is 10.2 Å². The summed E-state index contributed by atoms with van der Waals surface area (Å²) < 4.78 is 0. The monoisotopic (exact) mass is 357 g/mol. The Morgan fingerprint density at radius 3 is 2.76 bits per heavy atom. The third-order valence-corrected chi connectivity index (χ3v) is 4.56. The number of anilines is 1. The molecule has 7 heteroatoms. The van der Waals surface area contributed by atoms with Gasteiger partial charge in [0.25, 0.3) is 0 Å². The molecule has 108 valence electrons. The van der Waals surface area contributed by atoms with Crippen molar-refractivity contribution in [3.63, 3.8) is 0 Å². The van der Waals surface area contributed by atoms with Crippen molar-refractivity contribution in [2.24, 2.45) is 0 Å². The fourth-order valence-corrected chi connectivity index (χ4v) is 3.49. The van der Waals surface area contributed by atoms with Crippen LogP contribution < -0.4 is 5.32 Å². The fourth-order valence-electron chi connectivity index (χ4n) is 2.00. The molecule has 0 unspecified atom stereocenters. The number of fused-ring (bicyclic) bond motifs is 1. The van der Waals surface area contributed by atoms with Crippen molar-refractivity contribution in [1.29, 1.82) is 0 Å². The Bertz CT molecular complexity index is 788. The average molecular weight is 359 g/mol. The number of benzene rings is 1. The van der Waals surface area contributed by atoms with E-state index in [4.69, 9.17) is 34.8 Å². The van der Waals surface area contributed by atoms with E-state index in [9.17, 15) is 0 Å². The van der Waals surface area contributed by atoms with Gasteiger partial charge in [0.2, 0.25) is 5.28 Å². The largest absolute Gasteiger partial charge is 0.369 e. The minimum atomic E-state index is 0.247. The smallest absolute Gasteiger partial charge is 0.225 e. The summed E-state index contributed by atoms with van der Waals surface area (Å²) in [6, 6.07) is 7.49. The van der Waals surface area contributed by atoms with Crippen molar-refractivity contribution < 1.29 is 0 Å². The van der Waals surface area contributed by atoms with Crippen molar-refractivity contribution in [1.82, 2.24) is 9.97 Å². The summed E-state index contributed by atoms with van der Waals surface area (Å²) in [6.07, 6.45) is 0.767. The summed E-state index contributed by atoms with van der Waals surface area (Å²) in [5.74, 6) is 0.747. The van der Waals surface area contributed by atoms with Crippen LogP contribution in [0.15, 0.2) is 29.6 Å². The molecule has 0 fully saturated rings. The van der Waals surface area contributed by atoms with E-state index in [2.05, 4.69) is 15.3 Å². The zero-order valence-corrected chi connectivity index (χ0v) is 13.8. The molecule has 0 aliphatic carbocycles. The number of hydrogen-bond donors (Lipinski definition) is 1. The van der Waals surface area contributed by atoms with Gasteiger partial charge in [0, 0.05) is 16.6 Å². The van der Waals surface area contributed by atoms with E-state index < -0.39 is 0 Å². The Balaban J connectivity index is 1.73. The molecule has 3 aromatic rings. The maximum atomic E-state index is 6.16.